The molecule has 6 nitrogen and oxygen atoms in total. The van der Waals surface area contributed by atoms with Crippen molar-refractivity contribution in [3.8, 4) is 0 Å². The van der Waals surface area contributed by atoms with Crippen molar-refractivity contribution < 1.29 is 24.2 Å². The highest BCUT2D eigenvalue weighted by molar-refractivity contribution is 5.81. The van der Waals surface area contributed by atoms with Gasteiger partial charge in [0.2, 0.25) is 0 Å². The second kappa shape index (κ2) is 8.97. The van der Waals surface area contributed by atoms with Crippen molar-refractivity contribution in [2.45, 2.75) is 26.0 Å². The first-order valence-corrected chi connectivity index (χ1v) is 6.74. The SMILES string of the molecule is COC(=O)[C@@H](NC(=O)OCc1ccccc1)[C@H](C)CCO. The minimum absolute atomic E-state index is 0.0740. The molecule has 0 radical (unpaired) electrons. The third kappa shape index (κ3) is 5.83. The van der Waals surface area contributed by atoms with Gasteiger partial charge in [0.25, 0.3) is 0 Å². The summed E-state index contributed by atoms with van der Waals surface area (Å²) >= 11 is 0. The number of hydrogen-bond acceptors (Lipinski definition) is 5. The molecular weight excluding hydrogens is 274 g/mol. The molecule has 1 aromatic rings. The van der Waals surface area contributed by atoms with Crippen LogP contribution in [0, 0.1) is 5.92 Å². The maximum absolute atomic E-state index is 11.8. The summed E-state index contributed by atoms with van der Waals surface area (Å²) in [7, 11) is 1.25. The first kappa shape index (κ1) is 17.0. The Bertz CT molecular complexity index is 449. The molecule has 0 aliphatic heterocycles. The molecule has 1 rings (SSSR count). The standard InChI is InChI=1S/C15H21NO5/c1-11(8-9-17)13(14(18)20-2)16-15(19)21-10-12-6-4-3-5-7-12/h3-7,11,13,17H,8-10H2,1-2H3,(H,16,19)/t11-,13+/m1/s1. The van der Waals surface area contributed by atoms with Crippen LogP contribution in [0.5, 0.6) is 0 Å². The van der Waals surface area contributed by atoms with Gasteiger partial charge in [-0.1, -0.05) is 37.3 Å². The Morgan fingerprint density at radius 3 is 2.52 bits per heavy atom. The lowest BCUT2D eigenvalue weighted by Gasteiger charge is -2.22. The molecule has 21 heavy (non-hydrogen) atoms. The molecule has 0 fully saturated rings. The summed E-state index contributed by atoms with van der Waals surface area (Å²) in [4.78, 5) is 23.4. The number of benzene rings is 1. The Hall–Kier alpha value is -2.08. The maximum atomic E-state index is 11.8. The van der Waals surface area contributed by atoms with Crippen LogP contribution in [0.2, 0.25) is 0 Å². The van der Waals surface area contributed by atoms with Gasteiger partial charge in [0.1, 0.15) is 12.6 Å². The molecule has 0 heterocycles. The van der Waals surface area contributed by atoms with Crippen molar-refractivity contribution in [1.82, 2.24) is 5.32 Å². The lowest BCUT2D eigenvalue weighted by Crippen LogP contribution is -2.46. The van der Waals surface area contributed by atoms with E-state index < -0.39 is 18.1 Å². The highest BCUT2D eigenvalue weighted by Gasteiger charge is 2.27. The number of aliphatic hydroxyl groups excluding tert-OH is 1. The van der Waals surface area contributed by atoms with Gasteiger partial charge in [0, 0.05) is 6.61 Å². The number of carbonyl (C=O) groups is 2. The summed E-state index contributed by atoms with van der Waals surface area (Å²) in [6, 6.07) is 8.38. The van der Waals surface area contributed by atoms with Crippen molar-refractivity contribution in [2.75, 3.05) is 13.7 Å². The minimum Gasteiger partial charge on any atom is -0.467 e. The second-order valence-corrected chi connectivity index (χ2v) is 4.70. The van der Waals surface area contributed by atoms with Gasteiger partial charge in [-0.05, 0) is 17.9 Å². The molecule has 0 spiro atoms. The minimum atomic E-state index is -0.842. The normalized spacial score (nSPS) is 13.1. The number of amides is 1. The van der Waals surface area contributed by atoms with Crippen molar-refractivity contribution >= 4 is 12.1 Å². The van der Waals surface area contributed by atoms with Gasteiger partial charge in [-0.25, -0.2) is 9.59 Å². The molecule has 116 valence electrons. The molecule has 1 aromatic carbocycles. The van der Waals surface area contributed by atoms with Crippen LogP contribution in [-0.2, 0) is 20.9 Å². The van der Waals surface area contributed by atoms with E-state index in [0.29, 0.717) is 6.42 Å². The van der Waals surface area contributed by atoms with Gasteiger partial charge in [-0.2, -0.15) is 0 Å². The van der Waals surface area contributed by atoms with Crippen LogP contribution >= 0.6 is 0 Å². The number of carbonyl (C=O) groups excluding carboxylic acids is 2. The monoisotopic (exact) mass is 295 g/mol. The largest absolute Gasteiger partial charge is 0.467 e. The van der Waals surface area contributed by atoms with Crippen molar-refractivity contribution in [2.24, 2.45) is 5.92 Å². The molecule has 0 aliphatic rings. The Kier molecular flexibility index (Phi) is 7.25. The maximum Gasteiger partial charge on any atom is 0.408 e. The van der Waals surface area contributed by atoms with Crippen LogP contribution in [0.1, 0.15) is 18.9 Å². The number of hydrogen-bond donors (Lipinski definition) is 2. The third-order valence-electron chi connectivity index (χ3n) is 3.09. The lowest BCUT2D eigenvalue weighted by molar-refractivity contribution is -0.144. The zero-order valence-electron chi connectivity index (χ0n) is 12.2. The summed E-state index contributed by atoms with van der Waals surface area (Å²) in [5.41, 5.74) is 0.852. The number of rotatable bonds is 7. The molecule has 2 N–H and O–H groups in total. The molecular formula is C15H21NO5. The number of aliphatic hydroxyl groups is 1. The fourth-order valence-corrected chi connectivity index (χ4v) is 1.82. The Morgan fingerprint density at radius 1 is 1.29 bits per heavy atom. The van der Waals surface area contributed by atoms with E-state index in [1.54, 1.807) is 6.92 Å². The number of esters is 1. The predicted octanol–water partition coefficient (Wildman–Crippen LogP) is 1.47. The fraction of sp³-hybridized carbons (Fsp3) is 0.467. The van der Waals surface area contributed by atoms with Crippen LogP contribution in [0.25, 0.3) is 0 Å². The number of alkyl carbamates (subject to hydrolysis) is 1. The van der Waals surface area contributed by atoms with Gasteiger partial charge in [0.15, 0.2) is 0 Å². The van der Waals surface area contributed by atoms with Crippen molar-refractivity contribution in [3.05, 3.63) is 35.9 Å². The van der Waals surface area contributed by atoms with Crippen molar-refractivity contribution in [1.29, 1.82) is 0 Å². The quantitative estimate of drug-likeness (QED) is 0.744. The molecule has 1 amide bonds. The third-order valence-corrected chi connectivity index (χ3v) is 3.09. The van der Waals surface area contributed by atoms with E-state index in [-0.39, 0.29) is 19.1 Å². The average molecular weight is 295 g/mol. The van der Waals surface area contributed by atoms with Gasteiger partial charge in [-0.3, -0.25) is 0 Å². The van der Waals surface area contributed by atoms with Crippen LogP contribution in [0.3, 0.4) is 0 Å². The Balaban J connectivity index is 2.53. The molecule has 0 bridgehead atoms. The molecule has 2 atom stereocenters. The van der Waals surface area contributed by atoms with Gasteiger partial charge >= 0.3 is 12.1 Å². The first-order valence-electron chi connectivity index (χ1n) is 6.74. The summed E-state index contributed by atoms with van der Waals surface area (Å²) in [6.45, 7) is 1.79. The van der Waals surface area contributed by atoms with E-state index in [1.807, 2.05) is 30.3 Å². The van der Waals surface area contributed by atoms with Gasteiger partial charge in [0.05, 0.1) is 7.11 Å². The van der Waals surface area contributed by atoms with E-state index in [4.69, 9.17) is 9.84 Å². The van der Waals surface area contributed by atoms with Crippen molar-refractivity contribution in [3.63, 3.8) is 0 Å². The number of ether oxygens (including phenoxy) is 2. The summed E-state index contributed by atoms with van der Waals surface area (Å²) in [5.74, 6) is -0.820. The summed E-state index contributed by atoms with van der Waals surface area (Å²) in [5, 5.41) is 11.4. The van der Waals surface area contributed by atoms with E-state index in [1.165, 1.54) is 7.11 Å². The Labute approximate surface area is 124 Å². The summed E-state index contributed by atoms with van der Waals surface area (Å²) < 4.78 is 9.71. The highest BCUT2D eigenvalue weighted by atomic mass is 16.6. The van der Waals surface area contributed by atoms with Crippen LogP contribution < -0.4 is 5.32 Å². The van der Waals surface area contributed by atoms with Crippen LogP contribution in [-0.4, -0.2) is 36.9 Å². The highest BCUT2D eigenvalue weighted by Crippen LogP contribution is 2.10. The van der Waals surface area contributed by atoms with Crippen LogP contribution in [0.15, 0.2) is 30.3 Å². The zero-order valence-corrected chi connectivity index (χ0v) is 12.2. The smallest absolute Gasteiger partial charge is 0.408 e. The number of nitrogens with one attached hydrogen (secondary N) is 1. The summed E-state index contributed by atoms with van der Waals surface area (Å²) in [6.07, 6.45) is -0.322. The lowest BCUT2D eigenvalue weighted by atomic mass is 9.99. The van der Waals surface area contributed by atoms with E-state index in [9.17, 15) is 9.59 Å². The van der Waals surface area contributed by atoms with E-state index in [0.717, 1.165) is 5.56 Å². The molecule has 0 saturated heterocycles. The molecule has 0 saturated carbocycles. The van der Waals surface area contributed by atoms with Crippen LogP contribution in [0.4, 0.5) is 4.79 Å². The van der Waals surface area contributed by atoms with Gasteiger partial charge < -0.3 is 19.9 Å². The van der Waals surface area contributed by atoms with E-state index in [2.05, 4.69) is 10.1 Å². The van der Waals surface area contributed by atoms with Gasteiger partial charge in [-0.15, -0.1) is 0 Å². The predicted molar refractivity (Wildman–Crippen MR) is 76.4 cm³/mol. The molecule has 0 aliphatic carbocycles. The number of methoxy groups -OCH3 is 1. The Morgan fingerprint density at radius 2 is 1.95 bits per heavy atom. The van der Waals surface area contributed by atoms with E-state index >= 15 is 0 Å². The molecule has 0 unspecified atom stereocenters. The topological polar surface area (TPSA) is 84.9 Å². The zero-order chi connectivity index (χ0) is 15.7. The molecule has 0 aromatic heterocycles. The second-order valence-electron chi connectivity index (χ2n) is 4.70. The molecule has 6 heteroatoms. The first-order chi connectivity index (χ1) is 10.1. The average Bonchev–Trinajstić information content (AvgIpc) is 2.51. The fourth-order valence-electron chi connectivity index (χ4n) is 1.82.